The Kier molecular flexibility index (Phi) is 5.27. The van der Waals surface area contributed by atoms with Gasteiger partial charge in [-0.3, -0.25) is 0 Å². The highest BCUT2D eigenvalue weighted by Crippen LogP contribution is 2.29. The smallest absolute Gasteiger partial charge is 0.152 e. The molecule has 7 nitrogen and oxygen atoms in total. The van der Waals surface area contributed by atoms with Crippen LogP contribution < -0.4 is 5.32 Å². The molecule has 1 fully saturated rings. The fourth-order valence-electron chi connectivity index (χ4n) is 3.08. The number of aromatic nitrogens is 4. The molecule has 0 saturated carbocycles. The van der Waals surface area contributed by atoms with Crippen LogP contribution in [0.3, 0.4) is 0 Å². The van der Waals surface area contributed by atoms with E-state index in [4.69, 9.17) is 11.6 Å². The molecule has 3 rings (SSSR count). The standard InChI is InChI=1S/C15H22ClN5O2S/c1-12-14(9-17-4-2-6-20-7-5-18-11-20)15(16)21(19-12)13-3-8-24(22,23)10-13/h5,7,11,13,17H,2-4,6,8-10H2,1H3/p+1/t13-/m1/s1. The van der Waals surface area contributed by atoms with E-state index in [0.717, 1.165) is 37.3 Å². The van der Waals surface area contributed by atoms with Gasteiger partial charge in [0.1, 0.15) is 11.7 Å². The monoisotopic (exact) mass is 372 g/mol. The summed E-state index contributed by atoms with van der Waals surface area (Å²) in [4.78, 5) is 4.02. The van der Waals surface area contributed by atoms with Gasteiger partial charge >= 0.3 is 0 Å². The molecule has 2 N–H and O–H groups in total. The van der Waals surface area contributed by atoms with Crippen LogP contribution in [0, 0.1) is 6.92 Å². The van der Waals surface area contributed by atoms with E-state index in [0.29, 0.717) is 11.6 Å². The Morgan fingerprint density at radius 3 is 2.96 bits per heavy atom. The van der Waals surface area contributed by atoms with Crippen molar-refractivity contribution in [3.8, 4) is 0 Å². The number of aryl methyl sites for hydroxylation is 2. The first kappa shape index (κ1) is 17.4. The maximum Gasteiger partial charge on any atom is 0.152 e. The van der Waals surface area contributed by atoms with E-state index in [1.165, 1.54) is 0 Å². The van der Waals surface area contributed by atoms with E-state index < -0.39 is 9.84 Å². The third-order valence-corrected chi connectivity index (χ3v) is 6.58. The average molecular weight is 373 g/mol. The highest BCUT2D eigenvalue weighted by molar-refractivity contribution is 7.91. The van der Waals surface area contributed by atoms with Crippen LogP contribution in [0.1, 0.15) is 30.1 Å². The first-order valence-corrected chi connectivity index (χ1v) is 10.4. The topological polar surface area (TPSA) is 86.4 Å². The molecule has 24 heavy (non-hydrogen) atoms. The van der Waals surface area contributed by atoms with Crippen molar-refractivity contribution in [3.63, 3.8) is 0 Å². The first-order valence-electron chi connectivity index (χ1n) is 8.17. The molecule has 0 aromatic carbocycles. The van der Waals surface area contributed by atoms with Crippen molar-refractivity contribution in [2.75, 3.05) is 18.1 Å². The third kappa shape index (κ3) is 3.99. The van der Waals surface area contributed by atoms with Gasteiger partial charge < -0.3 is 9.88 Å². The Morgan fingerprint density at radius 2 is 2.29 bits per heavy atom. The molecule has 1 saturated heterocycles. The molecule has 1 aliphatic rings. The van der Waals surface area contributed by atoms with Crippen molar-refractivity contribution in [2.45, 2.75) is 38.9 Å². The molecule has 2 aromatic heterocycles. The Hall–Kier alpha value is -1.38. The van der Waals surface area contributed by atoms with Crippen LogP contribution >= 0.6 is 11.6 Å². The molecule has 1 atom stereocenters. The van der Waals surface area contributed by atoms with Crippen LogP contribution in [-0.2, 0) is 22.9 Å². The van der Waals surface area contributed by atoms with Crippen LogP contribution in [0.2, 0.25) is 5.15 Å². The predicted molar refractivity (Wildman–Crippen MR) is 91.6 cm³/mol. The van der Waals surface area contributed by atoms with Crippen LogP contribution in [-0.4, -0.2) is 45.8 Å². The normalized spacial score (nSPS) is 19.8. The highest BCUT2D eigenvalue weighted by Gasteiger charge is 2.32. The molecule has 0 spiro atoms. The van der Waals surface area contributed by atoms with Crippen LogP contribution in [0.5, 0.6) is 0 Å². The van der Waals surface area contributed by atoms with Gasteiger partial charge in [0.2, 0.25) is 0 Å². The second-order valence-electron chi connectivity index (χ2n) is 6.29. The Bertz CT molecular complexity index is 785. The lowest BCUT2D eigenvalue weighted by molar-refractivity contribution is -0.671. The summed E-state index contributed by atoms with van der Waals surface area (Å²) in [7, 11) is -2.94. The number of imidazole rings is 1. The quantitative estimate of drug-likeness (QED) is 0.719. The first-order chi connectivity index (χ1) is 11.5. The Morgan fingerprint density at radius 1 is 1.46 bits per heavy atom. The van der Waals surface area contributed by atoms with Crippen molar-refractivity contribution in [2.24, 2.45) is 0 Å². The van der Waals surface area contributed by atoms with Gasteiger partial charge in [0.15, 0.2) is 9.84 Å². The summed E-state index contributed by atoms with van der Waals surface area (Å²) < 4.78 is 27.1. The van der Waals surface area contributed by atoms with E-state index >= 15 is 0 Å². The van der Waals surface area contributed by atoms with Crippen LogP contribution in [0.15, 0.2) is 18.7 Å². The largest absolute Gasteiger partial charge is 0.342 e. The van der Waals surface area contributed by atoms with Crippen LogP contribution in [0.25, 0.3) is 0 Å². The van der Waals surface area contributed by atoms with Gasteiger partial charge in [0, 0.05) is 25.4 Å². The maximum absolute atomic E-state index is 11.7. The van der Waals surface area contributed by atoms with Gasteiger partial charge in [-0.1, -0.05) is 11.6 Å². The van der Waals surface area contributed by atoms with Crippen molar-refractivity contribution in [3.05, 3.63) is 35.1 Å². The van der Waals surface area contributed by atoms with Crippen molar-refractivity contribution in [1.29, 1.82) is 0 Å². The molecule has 0 unspecified atom stereocenters. The third-order valence-electron chi connectivity index (χ3n) is 4.43. The summed E-state index contributed by atoms with van der Waals surface area (Å²) in [5.41, 5.74) is 1.89. The lowest BCUT2D eigenvalue weighted by atomic mass is 10.2. The molecule has 0 bridgehead atoms. The molecule has 3 heterocycles. The average Bonchev–Trinajstić information content (AvgIpc) is 3.22. The fourth-order valence-corrected chi connectivity index (χ4v) is 5.16. The summed E-state index contributed by atoms with van der Waals surface area (Å²) in [6, 6.07) is -0.129. The molecule has 9 heteroatoms. The minimum atomic E-state index is -2.94. The summed E-state index contributed by atoms with van der Waals surface area (Å²) in [5.74, 6) is 0.366. The minimum Gasteiger partial charge on any atom is -0.342 e. The van der Waals surface area contributed by atoms with E-state index in [1.807, 2.05) is 19.4 Å². The zero-order chi connectivity index (χ0) is 17.2. The van der Waals surface area contributed by atoms with Gasteiger partial charge in [-0.25, -0.2) is 18.1 Å². The Labute approximate surface area is 146 Å². The molecule has 1 aliphatic heterocycles. The highest BCUT2D eigenvalue weighted by atomic mass is 35.5. The SMILES string of the molecule is Cc1nn([C@@H]2CCS(=O)(=O)C2)c(Cl)c1C[NH2+]CCCn1ccnc1. The molecule has 0 radical (unpaired) electrons. The number of hydrogen-bond acceptors (Lipinski definition) is 4. The molecule has 0 aliphatic carbocycles. The van der Waals surface area contributed by atoms with Crippen LogP contribution in [0.4, 0.5) is 0 Å². The minimum absolute atomic E-state index is 0.129. The van der Waals surface area contributed by atoms with E-state index in [2.05, 4.69) is 20.0 Å². The number of quaternary nitrogens is 1. The van der Waals surface area contributed by atoms with E-state index in [9.17, 15) is 8.42 Å². The number of hydrogen-bond donors (Lipinski definition) is 1. The number of nitrogens with two attached hydrogens (primary N) is 1. The van der Waals surface area contributed by atoms with E-state index in [1.54, 1.807) is 10.9 Å². The lowest BCUT2D eigenvalue weighted by Crippen LogP contribution is -2.82. The van der Waals surface area contributed by atoms with Gasteiger partial charge in [0.05, 0.1) is 41.7 Å². The molecule has 0 amide bonds. The van der Waals surface area contributed by atoms with E-state index in [-0.39, 0.29) is 17.5 Å². The second kappa shape index (κ2) is 7.25. The lowest BCUT2D eigenvalue weighted by Gasteiger charge is -2.09. The van der Waals surface area contributed by atoms with Crippen molar-refractivity contribution in [1.82, 2.24) is 19.3 Å². The zero-order valence-corrected chi connectivity index (χ0v) is 15.3. The summed E-state index contributed by atoms with van der Waals surface area (Å²) in [6.45, 7) is 4.62. The molecular weight excluding hydrogens is 350 g/mol. The molecular formula is C15H23ClN5O2S+. The molecule has 2 aromatic rings. The predicted octanol–water partition coefficient (Wildman–Crippen LogP) is 0.555. The van der Waals surface area contributed by atoms with Crippen molar-refractivity contribution < 1.29 is 13.7 Å². The van der Waals surface area contributed by atoms with Gasteiger partial charge in [-0.2, -0.15) is 5.10 Å². The number of sulfone groups is 1. The fraction of sp³-hybridized carbons (Fsp3) is 0.600. The number of nitrogens with zero attached hydrogens (tertiary/aromatic N) is 4. The Balaban J connectivity index is 1.54. The number of halogens is 1. The second-order valence-corrected chi connectivity index (χ2v) is 8.88. The zero-order valence-electron chi connectivity index (χ0n) is 13.7. The van der Waals surface area contributed by atoms with Crippen molar-refractivity contribution >= 4 is 21.4 Å². The summed E-state index contributed by atoms with van der Waals surface area (Å²) >= 11 is 6.47. The molecule has 132 valence electrons. The number of rotatable bonds is 7. The van der Waals surface area contributed by atoms with Gasteiger partial charge in [-0.15, -0.1) is 0 Å². The van der Waals surface area contributed by atoms with Gasteiger partial charge in [0.25, 0.3) is 0 Å². The van der Waals surface area contributed by atoms with Gasteiger partial charge in [-0.05, 0) is 13.3 Å². The summed E-state index contributed by atoms with van der Waals surface area (Å²) in [5, 5.41) is 7.28. The maximum atomic E-state index is 11.7. The summed E-state index contributed by atoms with van der Waals surface area (Å²) in [6.07, 6.45) is 7.20.